The smallest absolute Gasteiger partial charge is 0.259 e. The summed E-state index contributed by atoms with van der Waals surface area (Å²) in [6.07, 6.45) is 3.85. The van der Waals surface area contributed by atoms with Crippen molar-refractivity contribution in [1.82, 2.24) is 10.1 Å². The topological polar surface area (TPSA) is 74.2 Å². The van der Waals surface area contributed by atoms with Crippen molar-refractivity contribution >= 4 is 15.9 Å². The van der Waals surface area contributed by atoms with Crippen LogP contribution in [0.25, 0.3) is 11.5 Å². The van der Waals surface area contributed by atoms with Gasteiger partial charge in [-0.15, -0.1) is 0 Å². The monoisotopic (exact) mass is 337 g/mol. The van der Waals surface area contributed by atoms with Crippen LogP contribution in [-0.4, -0.2) is 22.9 Å². The molecule has 0 bridgehead atoms. The molecule has 2 N–H and O–H groups in total. The van der Waals surface area contributed by atoms with Gasteiger partial charge in [-0.2, -0.15) is 4.98 Å². The summed E-state index contributed by atoms with van der Waals surface area (Å²) in [5, 5.41) is 3.94. The summed E-state index contributed by atoms with van der Waals surface area (Å²) in [6.45, 7) is 0.430. The molecule has 1 aromatic heterocycles. The molecule has 0 amide bonds. The van der Waals surface area contributed by atoms with Gasteiger partial charge in [-0.3, -0.25) is 0 Å². The number of benzene rings is 1. The first kappa shape index (κ1) is 13.7. The first-order valence-corrected chi connectivity index (χ1v) is 7.49. The third-order valence-corrected chi connectivity index (χ3v) is 4.13. The van der Waals surface area contributed by atoms with Gasteiger partial charge < -0.3 is 15.0 Å². The van der Waals surface area contributed by atoms with Crippen LogP contribution in [0.3, 0.4) is 0 Å². The van der Waals surface area contributed by atoms with Gasteiger partial charge in [-0.05, 0) is 47.3 Å². The SMILES string of the molecule is NC(COC1CCC1)c1noc(-c2ccccc2Br)n1. The number of ether oxygens (including phenoxy) is 1. The van der Waals surface area contributed by atoms with E-state index in [1.807, 2.05) is 24.3 Å². The predicted molar refractivity (Wildman–Crippen MR) is 78.0 cm³/mol. The Morgan fingerprint density at radius 2 is 2.20 bits per heavy atom. The highest BCUT2D eigenvalue weighted by Crippen LogP contribution is 2.27. The van der Waals surface area contributed by atoms with Crippen LogP contribution < -0.4 is 5.73 Å². The van der Waals surface area contributed by atoms with E-state index in [4.69, 9.17) is 15.0 Å². The Morgan fingerprint density at radius 3 is 2.90 bits per heavy atom. The number of halogens is 1. The third kappa shape index (κ3) is 2.92. The van der Waals surface area contributed by atoms with E-state index in [9.17, 15) is 0 Å². The third-order valence-electron chi connectivity index (χ3n) is 3.44. The molecular formula is C14H16BrN3O2. The molecule has 1 aliphatic carbocycles. The van der Waals surface area contributed by atoms with Gasteiger partial charge in [0.1, 0.15) is 0 Å². The first-order chi connectivity index (χ1) is 9.74. The van der Waals surface area contributed by atoms with Gasteiger partial charge in [0.2, 0.25) is 0 Å². The Kier molecular flexibility index (Phi) is 4.14. The molecule has 1 aromatic carbocycles. The first-order valence-electron chi connectivity index (χ1n) is 6.69. The summed E-state index contributed by atoms with van der Waals surface area (Å²) in [4.78, 5) is 4.35. The molecule has 1 atom stereocenters. The summed E-state index contributed by atoms with van der Waals surface area (Å²) in [7, 11) is 0. The highest BCUT2D eigenvalue weighted by molar-refractivity contribution is 9.10. The molecule has 5 nitrogen and oxygen atoms in total. The number of hydrogen-bond acceptors (Lipinski definition) is 5. The molecule has 1 unspecified atom stereocenters. The Bertz CT molecular complexity index is 583. The Hall–Kier alpha value is -1.24. The van der Waals surface area contributed by atoms with Crippen molar-refractivity contribution in [3.63, 3.8) is 0 Å². The fourth-order valence-corrected chi connectivity index (χ4v) is 2.44. The van der Waals surface area contributed by atoms with Gasteiger partial charge in [0.25, 0.3) is 5.89 Å². The normalized spacial score (nSPS) is 16.9. The average Bonchev–Trinajstić information content (AvgIpc) is 2.87. The molecule has 1 saturated carbocycles. The summed E-state index contributed by atoms with van der Waals surface area (Å²) < 4.78 is 11.9. The number of hydrogen-bond donors (Lipinski definition) is 1. The molecule has 0 aliphatic heterocycles. The van der Waals surface area contributed by atoms with E-state index in [2.05, 4.69) is 26.1 Å². The lowest BCUT2D eigenvalue weighted by atomic mass is 9.96. The maximum atomic E-state index is 6.03. The molecule has 0 spiro atoms. The zero-order valence-electron chi connectivity index (χ0n) is 11.0. The van der Waals surface area contributed by atoms with E-state index < -0.39 is 0 Å². The second-order valence-electron chi connectivity index (χ2n) is 4.93. The molecule has 0 radical (unpaired) electrons. The minimum Gasteiger partial charge on any atom is -0.376 e. The van der Waals surface area contributed by atoms with E-state index in [0.717, 1.165) is 22.9 Å². The molecule has 0 saturated heterocycles. The molecule has 1 heterocycles. The lowest BCUT2D eigenvalue weighted by molar-refractivity contribution is -0.00549. The second kappa shape index (κ2) is 6.03. The Balaban J connectivity index is 1.68. The summed E-state index contributed by atoms with van der Waals surface area (Å²) in [5.74, 6) is 0.946. The van der Waals surface area contributed by atoms with Gasteiger partial charge in [0.15, 0.2) is 5.82 Å². The van der Waals surface area contributed by atoms with E-state index in [1.54, 1.807) is 0 Å². The van der Waals surface area contributed by atoms with E-state index >= 15 is 0 Å². The number of nitrogens with zero attached hydrogens (tertiary/aromatic N) is 2. The number of nitrogens with two attached hydrogens (primary N) is 1. The van der Waals surface area contributed by atoms with Crippen molar-refractivity contribution in [2.45, 2.75) is 31.4 Å². The van der Waals surface area contributed by atoms with Gasteiger partial charge >= 0.3 is 0 Å². The minimum absolute atomic E-state index is 0.351. The van der Waals surface area contributed by atoms with Gasteiger partial charge in [-0.1, -0.05) is 17.3 Å². The second-order valence-corrected chi connectivity index (χ2v) is 5.78. The van der Waals surface area contributed by atoms with E-state index in [-0.39, 0.29) is 6.04 Å². The maximum Gasteiger partial charge on any atom is 0.259 e. The van der Waals surface area contributed by atoms with Crippen LogP contribution in [-0.2, 0) is 4.74 Å². The Morgan fingerprint density at radius 1 is 1.40 bits per heavy atom. The molecule has 1 aliphatic rings. The zero-order chi connectivity index (χ0) is 13.9. The van der Waals surface area contributed by atoms with Crippen LogP contribution in [0, 0.1) is 0 Å². The van der Waals surface area contributed by atoms with Crippen molar-refractivity contribution in [2.24, 2.45) is 5.73 Å². The predicted octanol–water partition coefficient (Wildman–Crippen LogP) is 3.07. The standard InChI is InChI=1S/C14H16BrN3O2/c15-11-7-2-1-6-10(11)14-17-13(18-20-14)12(16)8-19-9-4-3-5-9/h1-2,6-7,9,12H,3-5,8,16H2. The molecule has 6 heteroatoms. The zero-order valence-corrected chi connectivity index (χ0v) is 12.5. The van der Waals surface area contributed by atoms with Crippen LogP contribution in [0.1, 0.15) is 31.1 Å². The van der Waals surface area contributed by atoms with Crippen molar-refractivity contribution in [2.75, 3.05) is 6.61 Å². The van der Waals surface area contributed by atoms with Gasteiger partial charge in [-0.25, -0.2) is 0 Å². The lowest BCUT2D eigenvalue weighted by Crippen LogP contribution is -2.27. The van der Waals surface area contributed by atoms with Gasteiger partial charge in [0, 0.05) is 4.47 Å². The van der Waals surface area contributed by atoms with Crippen LogP contribution in [0.2, 0.25) is 0 Å². The van der Waals surface area contributed by atoms with Crippen LogP contribution in [0.4, 0.5) is 0 Å². The molecule has 2 aromatic rings. The molecular weight excluding hydrogens is 322 g/mol. The van der Waals surface area contributed by atoms with E-state index in [0.29, 0.717) is 24.4 Å². The van der Waals surface area contributed by atoms with Crippen molar-refractivity contribution in [1.29, 1.82) is 0 Å². The minimum atomic E-state index is -0.351. The maximum absolute atomic E-state index is 6.03. The lowest BCUT2D eigenvalue weighted by Gasteiger charge is -2.26. The number of aromatic nitrogens is 2. The molecule has 3 rings (SSSR count). The molecule has 20 heavy (non-hydrogen) atoms. The quantitative estimate of drug-likeness (QED) is 0.907. The van der Waals surface area contributed by atoms with Gasteiger partial charge in [0.05, 0.1) is 24.3 Å². The van der Waals surface area contributed by atoms with E-state index in [1.165, 1.54) is 6.42 Å². The summed E-state index contributed by atoms with van der Waals surface area (Å²) in [5.41, 5.74) is 6.89. The summed E-state index contributed by atoms with van der Waals surface area (Å²) >= 11 is 3.46. The fraction of sp³-hybridized carbons (Fsp3) is 0.429. The molecule has 1 fully saturated rings. The average molecular weight is 338 g/mol. The summed E-state index contributed by atoms with van der Waals surface area (Å²) in [6, 6.07) is 7.35. The van der Waals surface area contributed by atoms with Crippen LogP contribution in [0.5, 0.6) is 0 Å². The van der Waals surface area contributed by atoms with Crippen molar-refractivity contribution in [3.8, 4) is 11.5 Å². The highest BCUT2D eigenvalue weighted by atomic mass is 79.9. The molecule has 106 valence electrons. The van der Waals surface area contributed by atoms with Crippen molar-refractivity contribution in [3.05, 3.63) is 34.6 Å². The van der Waals surface area contributed by atoms with Crippen LogP contribution in [0.15, 0.2) is 33.3 Å². The van der Waals surface area contributed by atoms with Crippen molar-refractivity contribution < 1.29 is 9.26 Å². The largest absolute Gasteiger partial charge is 0.376 e. The fourth-order valence-electron chi connectivity index (χ4n) is 1.98. The van der Waals surface area contributed by atoms with Crippen LogP contribution >= 0.6 is 15.9 Å². The number of rotatable bonds is 5. The Labute approximate surface area is 125 Å². The highest BCUT2D eigenvalue weighted by Gasteiger charge is 2.21.